The van der Waals surface area contributed by atoms with Gasteiger partial charge < -0.3 is 5.11 Å². The van der Waals surface area contributed by atoms with Crippen LogP contribution in [-0.2, 0) is 4.79 Å². The number of carboxylic acid groups (broad SMARTS) is 1. The highest BCUT2D eigenvalue weighted by atomic mass is 79.9. The molecule has 0 aromatic carbocycles. The van der Waals surface area contributed by atoms with Crippen LogP contribution in [0.15, 0.2) is 29.0 Å². The van der Waals surface area contributed by atoms with Crippen molar-refractivity contribution in [1.82, 2.24) is 4.98 Å². The Balaban J connectivity index is 0.000000236. The van der Waals surface area contributed by atoms with E-state index in [0.717, 1.165) is 4.47 Å². The third-order valence-corrected chi connectivity index (χ3v) is 1.17. The van der Waals surface area contributed by atoms with Gasteiger partial charge in [-0.15, -0.1) is 0 Å². The molecule has 0 saturated heterocycles. The predicted molar refractivity (Wildman–Crippen MR) is 40.6 cm³/mol. The maximum absolute atomic E-state index is 8.36. The van der Waals surface area contributed by atoms with Crippen LogP contribution >= 0.6 is 15.9 Å². The van der Waals surface area contributed by atoms with Crippen LogP contribution < -0.4 is 0 Å². The molecule has 0 aliphatic rings. The van der Waals surface area contributed by atoms with Crippen molar-refractivity contribution in [2.45, 2.75) is 0 Å². The van der Waals surface area contributed by atoms with Gasteiger partial charge in [0.25, 0.3) is 6.47 Å². The van der Waals surface area contributed by atoms with Gasteiger partial charge in [0.05, 0.1) is 0 Å². The molecule has 0 atom stereocenters. The quantitative estimate of drug-likeness (QED) is 0.652. The van der Waals surface area contributed by atoms with Crippen molar-refractivity contribution in [3.63, 3.8) is 0 Å². The minimum Gasteiger partial charge on any atom is -0.483 e. The zero-order chi connectivity index (χ0) is 7.82. The molecular weight excluding hydrogens is 198 g/mol. The van der Waals surface area contributed by atoms with Crippen LogP contribution in [0, 0.1) is 0 Å². The average molecular weight is 204 g/mol. The number of rotatable bonds is 0. The Labute approximate surface area is 66.8 Å². The lowest BCUT2D eigenvalue weighted by Gasteiger charge is -1.80. The van der Waals surface area contributed by atoms with Crippen molar-refractivity contribution in [3.8, 4) is 0 Å². The zero-order valence-corrected chi connectivity index (χ0v) is 6.65. The molecule has 1 aromatic rings. The van der Waals surface area contributed by atoms with Gasteiger partial charge >= 0.3 is 0 Å². The summed E-state index contributed by atoms with van der Waals surface area (Å²) in [6, 6.07) is 3.78. The SMILES string of the molecule is Brc1ccncc1.O=CO. The fourth-order valence-electron chi connectivity index (χ4n) is 0.334. The van der Waals surface area contributed by atoms with E-state index in [1.165, 1.54) is 0 Å². The van der Waals surface area contributed by atoms with Gasteiger partial charge in [-0.3, -0.25) is 9.78 Å². The number of aromatic nitrogens is 1. The zero-order valence-electron chi connectivity index (χ0n) is 5.07. The highest BCUT2D eigenvalue weighted by Crippen LogP contribution is 2.03. The van der Waals surface area contributed by atoms with E-state index in [-0.39, 0.29) is 6.47 Å². The Morgan fingerprint density at radius 2 is 1.90 bits per heavy atom. The van der Waals surface area contributed by atoms with Crippen molar-refractivity contribution < 1.29 is 9.90 Å². The first kappa shape index (κ1) is 9.10. The van der Waals surface area contributed by atoms with Crippen molar-refractivity contribution in [2.75, 3.05) is 0 Å². The first-order valence-electron chi connectivity index (χ1n) is 2.44. The first-order valence-corrected chi connectivity index (χ1v) is 3.24. The van der Waals surface area contributed by atoms with Crippen molar-refractivity contribution >= 4 is 22.4 Å². The second-order valence-corrected chi connectivity index (χ2v) is 2.19. The Bertz CT molecular complexity index is 178. The lowest BCUT2D eigenvalue weighted by molar-refractivity contribution is -0.122. The van der Waals surface area contributed by atoms with Gasteiger partial charge in [0.15, 0.2) is 0 Å². The highest BCUT2D eigenvalue weighted by Gasteiger charge is 1.75. The van der Waals surface area contributed by atoms with Gasteiger partial charge in [-0.2, -0.15) is 0 Å². The Morgan fingerprint density at radius 3 is 2.10 bits per heavy atom. The van der Waals surface area contributed by atoms with Gasteiger partial charge in [-0.05, 0) is 12.1 Å². The molecule has 4 heteroatoms. The lowest BCUT2D eigenvalue weighted by atomic mass is 10.5. The molecule has 1 heterocycles. The van der Waals surface area contributed by atoms with Gasteiger partial charge in [0.2, 0.25) is 0 Å². The smallest absolute Gasteiger partial charge is 0.290 e. The van der Waals surface area contributed by atoms with Crippen LogP contribution in [0.2, 0.25) is 0 Å². The number of nitrogens with zero attached hydrogens (tertiary/aromatic N) is 1. The van der Waals surface area contributed by atoms with Crippen LogP contribution in [0.25, 0.3) is 0 Å². The molecule has 10 heavy (non-hydrogen) atoms. The van der Waals surface area contributed by atoms with Gasteiger partial charge in [-0.25, -0.2) is 0 Å². The summed E-state index contributed by atoms with van der Waals surface area (Å²) >= 11 is 3.27. The summed E-state index contributed by atoms with van der Waals surface area (Å²) in [5, 5.41) is 6.89. The Morgan fingerprint density at radius 1 is 1.50 bits per heavy atom. The van der Waals surface area contributed by atoms with Gasteiger partial charge in [-0.1, -0.05) is 15.9 Å². The topological polar surface area (TPSA) is 50.2 Å². The van der Waals surface area contributed by atoms with Crippen molar-refractivity contribution in [3.05, 3.63) is 29.0 Å². The fraction of sp³-hybridized carbons (Fsp3) is 0. The molecule has 54 valence electrons. The summed E-state index contributed by atoms with van der Waals surface area (Å²) in [4.78, 5) is 12.2. The average Bonchev–Trinajstić information content (AvgIpc) is 1.91. The summed E-state index contributed by atoms with van der Waals surface area (Å²) in [6.07, 6.45) is 3.48. The molecule has 1 aromatic heterocycles. The molecular formula is C6H6BrNO2. The van der Waals surface area contributed by atoms with Crippen LogP contribution in [0.3, 0.4) is 0 Å². The molecule has 0 fully saturated rings. The Kier molecular flexibility index (Phi) is 5.66. The van der Waals surface area contributed by atoms with E-state index in [2.05, 4.69) is 20.9 Å². The van der Waals surface area contributed by atoms with Crippen LogP contribution in [0.1, 0.15) is 0 Å². The molecule has 1 rings (SSSR count). The van der Waals surface area contributed by atoms with E-state index < -0.39 is 0 Å². The number of hydrogen-bond acceptors (Lipinski definition) is 2. The second kappa shape index (κ2) is 6.22. The van der Waals surface area contributed by atoms with Crippen LogP contribution in [0.5, 0.6) is 0 Å². The summed E-state index contributed by atoms with van der Waals surface area (Å²) in [5.41, 5.74) is 0. The summed E-state index contributed by atoms with van der Waals surface area (Å²) < 4.78 is 1.07. The summed E-state index contributed by atoms with van der Waals surface area (Å²) in [7, 11) is 0. The van der Waals surface area contributed by atoms with Gasteiger partial charge in [0.1, 0.15) is 0 Å². The van der Waals surface area contributed by atoms with E-state index >= 15 is 0 Å². The second-order valence-electron chi connectivity index (χ2n) is 1.27. The molecule has 0 aliphatic heterocycles. The van der Waals surface area contributed by atoms with E-state index in [1.54, 1.807) is 12.4 Å². The minimum atomic E-state index is -0.250. The van der Waals surface area contributed by atoms with E-state index in [9.17, 15) is 0 Å². The molecule has 0 aliphatic carbocycles. The van der Waals surface area contributed by atoms with Gasteiger partial charge in [0, 0.05) is 16.9 Å². The molecule has 0 bridgehead atoms. The molecule has 0 radical (unpaired) electrons. The maximum Gasteiger partial charge on any atom is 0.290 e. The number of carbonyl (C=O) groups is 1. The predicted octanol–water partition coefficient (Wildman–Crippen LogP) is 1.54. The van der Waals surface area contributed by atoms with Crippen molar-refractivity contribution in [1.29, 1.82) is 0 Å². The molecule has 3 nitrogen and oxygen atoms in total. The standard InChI is InChI=1S/C5H4BrN.CH2O2/c6-5-1-3-7-4-2-5;2-1-3/h1-4H;1H,(H,2,3). The third-order valence-electron chi connectivity index (χ3n) is 0.640. The van der Waals surface area contributed by atoms with E-state index in [1.807, 2.05) is 12.1 Å². The summed E-state index contributed by atoms with van der Waals surface area (Å²) in [5.74, 6) is 0. The van der Waals surface area contributed by atoms with Crippen molar-refractivity contribution in [2.24, 2.45) is 0 Å². The largest absolute Gasteiger partial charge is 0.483 e. The van der Waals surface area contributed by atoms with E-state index in [4.69, 9.17) is 9.90 Å². The highest BCUT2D eigenvalue weighted by molar-refractivity contribution is 9.10. The monoisotopic (exact) mass is 203 g/mol. The molecule has 1 N–H and O–H groups in total. The third kappa shape index (κ3) is 5.24. The number of halogens is 1. The fourth-order valence-corrected chi connectivity index (χ4v) is 0.570. The van der Waals surface area contributed by atoms with Crippen LogP contribution in [-0.4, -0.2) is 16.6 Å². The minimum absolute atomic E-state index is 0.250. The summed E-state index contributed by atoms with van der Waals surface area (Å²) in [6.45, 7) is -0.250. The first-order chi connectivity index (χ1) is 4.81. The molecule has 0 spiro atoms. The molecule has 0 saturated carbocycles. The Hall–Kier alpha value is -0.900. The molecule has 0 amide bonds. The molecule has 0 unspecified atom stereocenters. The normalized spacial score (nSPS) is 7.30. The van der Waals surface area contributed by atoms with Crippen LogP contribution in [0.4, 0.5) is 0 Å². The maximum atomic E-state index is 8.36. The lowest BCUT2D eigenvalue weighted by Crippen LogP contribution is -1.63. The number of pyridine rings is 1. The van der Waals surface area contributed by atoms with E-state index in [0.29, 0.717) is 0 Å². The number of hydrogen-bond donors (Lipinski definition) is 1.